The van der Waals surface area contributed by atoms with E-state index in [1.54, 1.807) is 0 Å². The highest BCUT2D eigenvalue weighted by atomic mass is 16.3. The second-order valence-electron chi connectivity index (χ2n) is 4.08. The highest BCUT2D eigenvalue weighted by Crippen LogP contribution is 1.74. The first-order chi connectivity index (χ1) is 8.31. The molecule has 6 heteroatoms. The van der Waals surface area contributed by atoms with Crippen LogP contribution in [0.5, 0.6) is 0 Å². The molecule has 0 saturated heterocycles. The van der Waals surface area contributed by atoms with Gasteiger partial charge >= 0.3 is 0 Å². The predicted molar refractivity (Wildman–Crippen MR) is 72.2 cm³/mol. The number of hydrogen-bond donors (Lipinski definition) is 6. The molecule has 0 amide bonds. The monoisotopic (exact) mass is 247 g/mol. The molecule has 17 heavy (non-hydrogen) atoms. The number of aliphatic hydroxyl groups excluding tert-OH is 1. The Bertz CT molecular complexity index is 148. The summed E-state index contributed by atoms with van der Waals surface area (Å²) in [5, 5.41) is 21.9. The Morgan fingerprint density at radius 1 is 0.882 bits per heavy atom. The standard InChI is InChI=1S/C11H29N5O/c1-11(10-17)16-9-8-15-7-6-14-5-4-13-3-2-12/h11,13-17H,2-10,12H2,1H3. The molecule has 0 aliphatic carbocycles. The Hall–Kier alpha value is -0.240. The van der Waals surface area contributed by atoms with Crippen LogP contribution in [0.4, 0.5) is 0 Å². The van der Waals surface area contributed by atoms with Gasteiger partial charge in [0.15, 0.2) is 0 Å². The third-order valence-electron chi connectivity index (χ3n) is 2.35. The quantitative estimate of drug-likeness (QED) is 0.205. The lowest BCUT2D eigenvalue weighted by atomic mass is 10.3. The average molecular weight is 247 g/mol. The molecule has 0 bridgehead atoms. The summed E-state index contributed by atoms with van der Waals surface area (Å²) in [6.07, 6.45) is 0. The molecule has 0 aliphatic heterocycles. The first-order valence-corrected chi connectivity index (χ1v) is 6.47. The second-order valence-corrected chi connectivity index (χ2v) is 4.08. The van der Waals surface area contributed by atoms with Gasteiger partial charge < -0.3 is 32.1 Å². The van der Waals surface area contributed by atoms with E-state index in [9.17, 15) is 0 Å². The zero-order valence-electron chi connectivity index (χ0n) is 11.0. The maximum atomic E-state index is 8.79. The van der Waals surface area contributed by atoms with Crippen molar-refractivity contribution < 1.29 is 5.11 Å². The van der Waals surface area contributed by atoms with E-state index >= 15 is 0 Å². The minimum Gasteiger partial charge on any atom is -0.395 e. The molecule has 0 aromatic rings. The van der Waals surface area contributed by atoms with E-state index in [4.69, 9.17) is 10.8 Å². The van der Waals surface area contributed by atoms with Crippen molar-refractivity contribution in [2.24, 2.45) is 5.73 Å². The number of aliphatic hydroxyl groups is 1. The van der Waals surface area contributed by atoms with E-state index in [2.05, 4.69) is 21.3 Å². The van der Waals surface area contributed by atoms with E-state index < -0.39 is 0 Å². The van der Waals surface area contributed by atoms with Crippen LogP contribution in [0.15, 0.2) is 0 Å². The van der Waals surface area contributed by atoms with Crippen molar-refractivity contribution in [2.45, 2.75) is 13.0 Å². The fraction of sp³-hybridized carbons (Fsp3) is 1.00. The van der Waals surface area contributed by atoms with Gasteiger partial charge in [0, 0.05) is 58.4 Å². The average Bonchev–Trinajstić information content (AvgIpc) is 2.35. The van der Waals surface area contributed by atoms with E-state index in [1.807, 2.05) is 6.92 Å². The van der Waals surface area contributed by atoms with E-state index in [-0.39, 0.29) is 12.6 Å². The maximum absolute atomic E-state index is 8.79. The molecule has 1 unspecified atom stereocenters. The van der Waals surface area contributed by atoms with Gasteiger partial charge in [-0.1, -0.05) is 0 Å². The molecule has 0 fully saturated rings. The van der Waals surface area contributed by atoms with Gasteiger partial charge in [-0.2, -0.15) is 0 Å². The van der Waals surface area contributed by atoms with Crippen LogP contribution in [0.25, 0.3) is 0 Å². The first kappa shape index (κ1) is 16.8. The summed E-state index contributed by atoms with van der Waals surface area (Å²) in [6.45, 7) is 9.43. The minimum absolute atomic E-state index is 0.184. The molecule has 0 spiro atoms. The van der Waals surface area contributed by atoms with E-state index in [0.29, 0.717) is 6.54 Å². The van der Waals surface area contributed by atoms with Crippen molar-refractivity contribution >= 4 is 0 Å². The second kappa shape index (κ2) is 13.8. The van der Waals surface area contributed by atoms with Gasteiger partial charge in [0.1, 0.15) is 0 Å². The zero-order chi connectivity index (χ0) is 12.8. The van der Waals surface area contributed by atoms with Crippen LogP contribution in [0, 0.1) is 0 Å². The highest BCUT2D eigenvalue weighted by molar-refractivity contribution is 4.60. The third kappa shape index (κ3) is 13.7. The lowest BCUT2D eigenvalue weighted by molar-refractivity contribution is 0.252. The summed E-state index contributed by atoms with van der Waals surface area (Å²) in [5.74, 6) is 0. The molecule has 1 atom stereocenters. The van der Waals surface area contributed by atoms with E-state index in [0.717, 1.165) is 45.8 Å². The molecule has 0 aliphatic rings. The van der Waals surface area contributed by atoms with Gasteiger partial charge in [0.05, 0.1) is 6.61 Å². The predicted octanol–water partition coefficient (Wildman–Crippen LogP) is -2.32. The SMILES string of the molecule is CC(CO)NCCNCCNCCNCCN. The summed E-state index contributed by atoms with van der Waals surface area (Å²) in [4.78, 5) is 0. The van der Waals surface area contributed by atoms with Crippen molar-refractivity contribution in [1.82, 2.24) is 21.3 Å². The summed E-state index contributed by atoms with van der Waals surface area (Å²) in [7, 11) is 0. The summed E-state index contributed by atoms with van der Waals surface area (Å²) >= 11 is 0. The van der Waals surface area contributed by atoms with Crippen LogP contribution in [-0.2, 0) is 0 Å². The fourth-order valence-electron chi connectivity index (χ4n) is 1.30. The number of nitrogens with one attached hydrogen (secondary N) is 4. The van der Waals surface area contributed by atoms with Crippen LogP contribution in [0.2, 0.25) is 0 Å². The molecule has 0 heterocycles. The first-order valence-electron chi connectivity index (χ1n) is 6.47. The third-order valence-corrected chi connectivity index (χ3v) is 2.35. The molecule has 0 aromatic carbocycles. The molecular weight excluding hydrogens is 218 g/mol. The van der Waals surface area contributed by atoms with Crippen molar-refractivity contribution in [3.8, 4) is 0 Å². The minimum atomic E-state index is 0.184. The zero-order valence-corrected chi connectivity index (χ0v) is 11.0. The number of rotatable bonds is 13. The van der Waals surface area contributed by atoms with Crippen LogP contribution in [0.1, 0.15) is 6.92 Å². The van der Waals surface area contributed by atoms with Crippen molar-refractivity contribution in [3.05, 3.63) is 0 Å². The van der Waals surface area contributed by atoms with Crippen molar-refractivity contribution in [1.29, 1.82) is 0 Å². The Kier molecular flexibility index (Phi) is 13.6. The lowest BCUT2D eigenvalue weighted by Gasteiger charge is -2.11. The molecular formula is C11H29N5O. The van der Waals surface area contributed by atoms with Gasteiger partial charge in [-0.25, -0.2) is 0 Å². The Labute approximate surface area is 105 Å². The molecule has 0 saturated carbocycles. The molecule has 0 rings (SSSR count). The fourth-order valence-corrected chi connectivity index (χ4v) is 1.30. The largest absolute Gasteiger partial charge is 0.395 e. The van der Waals surface area contributed by atoms with Crippen LogP contribution in [-0.4, -0.2) is 70.1 Å². The summed E-state index contributed by atoms with van der Waals surface area (Å²) in [6, 6.07) is 0.184. The molecule has 0 aromatic heterocycles. The Balaban J connectivity index is 2.94. The van der Waals surface area contributed by atoms with Crippen LogP contribution >= 0.6 is 0 Å². The van der Waals surface area contributed by atoms with Gasteiger partial charge in [-0.3, -0.25) is 0 Å². The lowest BCUT2D eigenvalue weighted by Crippen LogP contribution is -2.38. The maximum Gasteiger partial charge on any atom is 0.0581 e. The molecule has 104 valence electrons. The number of nitrogens with two attached hydrogens (primary N) is 1. The summed E-state index contributed by atoms with van der Waals surface area (Å²) < 4.78 is 0. The van der Waals surface area contributed by atoms with Gasteiger partial charge in [-0.05, 0) is 6.92 Å². The highest BCUT2D eigenvalue weighted by Gasteiger charge is 1.96. The van der Waals surface area contributed by atoms with E-state index in [1.165, 1.54) is 0 Å². The number of hydrogen-bond acceptors (Lipinski definition) is 6. The van der Waals surface area contributed by atoms with Crippen molar-refractivity contribution in [2.75, 3.05) is 59.0 Å². The Morgan fingerprint density at radius 3 is 1.82 bits per heavy atom. The normalized spacial score (nSPS) is 12.9. The molecule has 6 nitrogen and oxygen atoms in total. The van der Waals surface area contributed by atoms with Crippen LogP contribution < -0.4 is 27.0 Å². The Morgan fingerprint density at radius 2 is 1.35 bits per heavy atom. The van der Waals surface area contributed by atoms with Gasteiger partial charge in [0.2, 0.25) is 0 Å². The van der Waals surface area contributed by atoms with Crippen LogP contribution in [0.3, 0.4) is 0 Å². The van der Waals surface area contributed by atoms with Gasteiger partial charge in [-0.15, -0.1) is 0 Å². The molecule has 7 N–H and O–H groups in total. The molecule has 0 radical (unpaired) electrons. The van der Waals surface area contributed by atoms with Crippen molar-refractivity contribution in [3.63, 3.8) is 0 Å². The topological polar surface area (TPSA) is 94.4 Å². The smallest absolute Gasteiger partial charge is 0.0581 e. The van der Waals surface area contributed by atoms with Gasteiger partial charge in [0.25, 0.3) is 0 Å². The summed E-state index contributed by atoms with van der Waals surface area (Å²) in [5.41, 5.74) is 5.35.